The Morgan fingerprint density at radius 3 is 2.43 bits per heavy atom. The number of nitrogens with zero attached hydrogens (tertiary/aromatic N) is 1. The SMILES string of the molecule is CCNC(C)(C)C(=O)Nc1ccc(N2CCOCC2)cc1. The smallest absolute Gasteiger partial charge is 0.244 e. The Hall–Kier alpha value is -1.59. The minimum absolute atomic E-state index is 0.0246. The first-order valence-corrected chi connectivity index (χ1v) is 7.52. The number of benzene rings is 1. The van der Waals surface area contributed by atoms with Crippen LogP contribution in [0.3, 0.4) is 0 Å². The standard InChI is InChI=1S/C16H25N3O2/c1-4-17-16(2,3)15(20)18-13-5-7-14(8-6-13)19-9-11-21-12-10-19/h5-8,17H,4,9-12H2,1-3H3,(H,18,20). The van der Waals surface area contributed by atoms with Gasteiger partial charge >= 0.3 is 0 Å². The third-order valence-corrected chi connectivity index (χ3v) is 3.69. The van der Waals surface area contributed by atoms with Crippen LogP contribution in [0, 0.1) is 0 Å². The van der Waals surface area contributed by atoms with Crippen molar-refractivity contribution in [2.24, 2.45) is 0 Å². The van der Waals surface area contributed by atoms with Gasteiger partial charge in [0, 0.05) is 24.5 Å². The number of likely N-dealkylation sites (N-methyl/N-ethyl adjacent to an activating group) is 1. The number of ether oxygens (including phenoxy) is 1. The number of morpholine rings is 1. The second kappa shape index (κ2) is 6.91. The van der Waals surface area contributed by atoms with Crippen molar-refractivity contribution in [1.29, 1.82) is 0 Å². The summed E-state index contributed by atoms with van der Waals surface area (Å²) in [6.07, 6.45) is 0. The zero-order valence-electron chi connectivity index (χ0n) is 13.1. The van der Waals surface area contributed by atoms with E-state index in [2.05, 4.69) is 15.5 Å². The predicted molar refractivity (Wildman–Crippen MR) is 85.9 cm³/mol. The highest BCUT2D eigenvalue weighted by molar-refractivity contribution is 5.97. The Kier molecular flexibility index (Phi) is 5.20. The second-order valence-corrected chi connectivity index (χ2v) is 5.76. The Bertz CT molecular complexity index is 465. The molecule has 0 atom stereocenters. The lowest BCUT2D eigenvalue weighted by Crippen LogP contribution is -2.49. The molecular weight excluding hydrogens is 266 g/mol. The number of hydrogen-bond acceptors (Lipinski definition) is 4. The van der Waals surface area contributed by atoms with E-state index in [0.29, 0.717) is 0 Å². The van der Waals surface area contributed by atoms with Crippen molar-refractivity contribution in [2.75, 3.05) is 43.1 Å². The summed E-state index contributed by atoms with van der Waals surface area (Å²) in [5, 5.41) is 6.12. The third-order valence-electron chi connectivity index (χ3n) is 3.69. The maximum Gasteiger partial charge on any atom is 0.244 e. The highest BCUT2D eigenvalue weighted by atomic mass is 16.5. The van der Waals surface area contributed by atoms with Gasteiger partial charge in [-0.25, -0.2) is 0 Å². The molecule has 2 rings (SSSR count). The molecule has 1 aliphatic rings. The predicted octanol–water partition coefficient (Wildman–Crippen LogP) is 1.85. The number of nitrogens with one attached hydrogen (secondary N) is 2. The topological polar surface area (TPSA) is 53.6 Å². The molecule has 1 fully saturated rings. The molecule has 0 aromatic heterocycles. The molecule has 0 saturated carbocycles. The largest absolute Gasteiger partial charge is 0.378 e. The fraction of sp³-hybridized carbons (Fsp3) is 0.562. The lowest BCUT2D eigenvalue weighted by molar-refractivity contribution is -0.121. The molecule has 0 unspecified atom stereocenters. The Morgan fingerprint density at radius 1 is 1.24 bits per heavy atom. The van der Waals surface area contributed by atoms with Gasteiger partial charge in [0.2, 0.25) is 5.91 Å². The molecule has 0 aliphatic carbocycles. The first-order chi connectivity index (χ1) is 10.0. The molecule has 0 radical (unpaired) electrons. The number of hydrogen-bond donors (Lipinski definition) is 2. The second-order valence-electron chi connectivity index (χ2n) is 5.76. The number of carbonyl (C=O) groups is 1. The van der Waals surface area contributed by atoms with Crippen molar-refractivity contribution in [3.8, 4) is 0 Å². The van der Waals surface area contributed by atoms with Gasteiger partial charge in [-0.2, -0.15) is 0 Å². The molecule has 1 aromatic rings. The minimum Gasteiger partial charge on any atom is -0.378 e. The molecule has 116 valence electrons. The zero-order valence-corrected chi connectivity index (χ0v) is 13.1. The van der Waals surface area contributed by atoms with Crippen LogP contribution in [0.4, 0.5) is 11.4 Å². The summed E-state index contributed by atoms with van der Waals surface area (Å²) in [4.78, 5) is 14.5. The molecule has 1 amide bonds. The lowest BCUT2D eigenvalue weighted by atomic mass is 10.0. The molecule has 21 heavy (non-hydrogen) atoms. The van der Waals surface area contributed by atoms with Gasteiger partial charge in [-0.1, -0.05) is 6.92 Å². The van der Waals surface area contributed by atoms with Crippen molar-refractivity contribution in [1.82, 2.24) is 5.32 Å². The van der Waals surface area contributed by atoms with Gasteiger partial charge in [-0.3, -0.25) is 4.79 Å². The molecule has 5 heteroatoms. The van der Waals surface area contributed by atoms with Crippen molar-refractivity contribution >= 4 is 17.3 Å². The number of amides is 1. The van der Waals surface area contributed by atoms with Crippen LogP contribution < -0.4 is 15.5 Å². The monoisotopic (exact) mass is 291 g/mol. The third kappa shape index (κ3) is 4.19. The van der Waals surface area contributed by atoms with Crippen molar-refractivity contribution in [3.63, 3.8) is 0 Å². The van der Waals surface area contributed by atoms with Gasteiger partial charge in [-0.15, -0.1) is 0 Å². The van der Waals surface area contributed by atoms with E-state index < -0.39 is 5.54 Å². The van der Waals surface area contributed by atoms with E-state index in [1.54, 1.807) is 0 Å². The maximum absolute atomic E-state index is 12.2. The van der Waals surface area contributed by atoms with Crippen LogP contribution in [-0.2, 0) is 9.53 Å². The van der Waals surface area contributed by atoms with Gasteiger partial charge in [0.15, 0.2) is 0 Å². The van der Waals surface area contributed by atoms with Gasteiger partial charge in [0.1, 0.15) is 0 Å². The fourth-order valence-corrected chi connectivity index (χ4v) is 2.39. The van der Waals surface area contributed by atoms with Gasteiger partial charge in [0.05, 0.1) is 18.8 Å². The Labute approximate surface area is 126 Å². The van der Waals surface area contributed by atoms with Crippen LogP contribution in [0.2, 0.25) is 0 Å². The van der Waals surface area contributed by atoms with Crippen molar-refractivity contribution in [3.05, 3.63) is 24.3 Å². The normalized spacial score (nSPS) is 15.9. The van der Waals surface area contributed by atoms with E-state index in [4.69, 9.17) is 4.74 Å². The molecule has 1 aromatic carbocycles. The first kappa shape index (κ1) is 15.8. The van der Waals surface area contributed by atoms with Crippen LogP contribution in [0.25, 0.3) is 0 Å². The quantitative estimate of drug-likeness (QED) is 0.869. The summed E-state index contributed by atoms with van der Waals surface area (Å²) in [6.45, 7) is 9.90. The lowest BCUT2D eigenvalue weighted by Gasteiger charge is -2.29. The summed E-state index contributed by atoms with van der Waals surface area (Å²) in [5.41, 5.74) is 1.42. The molecule has 2 N–H and O–H groups in total. The van der Waals surface area contributed by atoms with Gasteiger partial charge < -0.3 is 20.3 Å². The molecule has 5 nitrogen and oxygen atoms in total. The fourth-order valence-electron chi connectivity index (χ4n) is 2.39. The number of carbonyl (C=O) groups excluding carboxylic acids is 1. The van der Waals surface area contributed by atoms with E-state index in [9.17, 15) is 4.79 Å². The van der Waals surface area contributed by atoms with Gasteiger partial charge in [0.25, 0.3) is 0 Å². The van der Waals surface area contributed by atoms with Crippen molar-refractivity contribution in [2.45, 2.75) is 26.3 Å². The molecule has 0 spiro atoms. The highest BCUT2D eigenvalue weighted by Gasteiger charge is 2.26. The van der Waals surface area contributed by atoms with Crippen LogP contribution >= 0.6 is 0 Å². The van der Waals surface area contributed by atoms with Crippen LogP contribution in [0.5, 0.6) is 0 Å². The zero-order chi connectivity index (χ0) is 15.3. The number of anilines is 2. The summed E-state index contributed by atoms with van der Waals surface area (Å²) in [5.74, 6) is -0.0246. The highest BCUT2D eigenvalue weighted by Crippen LogP contribution is 2.19. The molecular formula is C16H25N3O2. The molecule has 1 saturated heterocycles. The molecule has 1 heterocycles. The van der Waals surface area contributed by atoms with Crippen LogP contribution in [-0.4, -0.2) is 44.3 Å². The van der Waals surface area contributed by atoms with E-state index >= 15 is 0 Å². The van der Waals surface area contributed by atoms with E-state index in [1.807, 2.05) is 45.0 Å². The summed E-state index contributed by atoms with van der Waals surface area (Å²) in [6, 6.07) is 7.98. The summed E-state index contributed by atoms with van der Waals surface area (Å²) >= 11 is 0. The summed E-state index contributed by atoms with van der Waals surface area (Å²) < 4.78 is 5.35. The Balaban J connectivity index is 1.97. The Morgan fingerprint density at radius 2 is 1.86 bits per heavy atom. The molecule has 0 bridgehead atoms. The van der Waals surface area contributed by atoms with E-state index in [-0.39, 0.29) is 5.91 Å². The maximum atomic E-state index is 12.2. The minimum atomic E-state index is -0.572. The van der Waals surface area contributed by atoms with Crippen LogP contribution in [0.1, 0.15) is 20.8 Å². The average Bonchev–Trinajstić information content (AvgIpc) is 2.49. The molecule has 1 aliphatic heterocycles. The number of rotatable bonds is 5. The summed E-state index contributed by atoms with van der Waals surface area (Å²) in [7, 11) is 0. The van der Waals surface area contributed by atoms with E-state index in [0.717, 1.165) is 38.5 Å². The van der Waals surface area contributed by atoms with Crippen LogP contribution in [0.15, 0.2) is 24.3 Å². The first-order valence-electron chi connectivity index (χ1n) is 7.52. The van der Waals surface area contributed by atoms with E-state index in [1.165, 1.54) is 5.69 Å². The average molecular weight is 291 g/mol. The van der Waals surface area contributed by atoms with Gasteiger partial charge in [-0.05, 0) is 44.7 Å². The van der Waals surface area contributed by atoms with Crippen molar-refractivity contribution < 1.29 is 9.53 Å².